The summed E-state index contributed by atoms with van der Waals surface area (Å²) in [5, 5.41) is 69.6. The molecule has 0 radical (unpaired) electrons. The Bertz CT molecular complexity index is 533. The zero-order valence-corrected chi connectivity index (χ0v) is 17.6. The van der Waals surface area contributed by atoms with Gasteiger partial charge in [0, 0.05) is 0 Å². The van der Waals surface area contributed by atoms with Crippen molar-refractivity contribution < 1.29 is 54.7 Å². The van der Waals surface area contributed by atoms with E-state index in [0.29, 0.717) is 6.42 Å². The molecule has 7 N–H and O–H groups in total. The van der Waals surface area contributed by atoms with Gasteiger partial charge in [-0.2, -0.15) is 0 Å². The van der Waals surface area contributed by atoms with Gasteiger partial charge in [-0.1, -0.05) is 32.3 Å². The first-order chi connectivity index (χ1) is 14.7. The molecule has 11 atom stereocenters. The Morgan fingerprint density at radius 3 is 2.00 bits per heavy atom. The zero-order valence-electron chi connectivity index (χ0n) is 17.6. The second kappa shape index (κ2) is 12.5. The third-order valence-corrected chi connectivity index (χ3v) is 5.61. The molecule has 2 heterocycles. The lowest BCUT2D eigenvalue weighted by atomic mass is 9.98. The second-order valence-electron chi connectivity index (χ2n) is 7.95. The lowest BCUT2D eigenvalue weighted by Crippen LogP contribution is -2.62. The maximum Gasteiger partial charge on any atom is 0.187 e. The van der Waals surface area contributed by atoms with E-state index in [1.54, 1.807) is 6.08 Å². The fourth-order valence-electron chi connectivity index (χ4n) is 3.57. The Kier molecular flexibility index (Phi) is 10.7. The Morgan fingerprint density at radius 1 is 0.839 bits per heavy atom. The van der Waals surface area contributed by atoms with E-state index in [1.165, 1.54) is 0 Å². The van der Waals surface area contributed by atoms with E-state index < -0.39 is 80.7 Å². The van der Waals surface area contributed by atoms with Crippen molar-refractivity contribution in [2.24, 2.45) is 0 Å². The van der Waals surface area contributed by atoms with Crippen molar-refractivity contribution in [3.8, 4) is 0 Å². The molecule has 0 aromatic rings. The van der Waals surface area contributed by atoms with Gasteiger partial charge in [0.2, 0.25) is 0 Å². The van der Waals surface area contributed by atoms with Crippen LogP contribution in [0.15, 0.2) is 12.7 Å². The first-order valence-electron chi connectivity index (χ1n) is 10.6. The number of aliphatic hydroxyl groups is 7. The van der Waals surface area contributed by atoms with Crippen molar-refractivity contribution in [3.05, 3.63) is 12.7 Å². The smallest absolute Gasteiger partial charge is 0.187 e. The molecule has 0 unspecified atom stereocenters. The molecule has 0 amide bonds. The number of hydrogen-bond donors (Lipinski definition) is 7. The molecule has 11 heteroatoms. The number of aliphatic hydroxyl groups excluding tert-OH is 7. The van der Waals surface area contributed by atoms with Gasteiger partial charge in [0.05, 0.1) is 19.3 Å². The summed E-state index contributed by atoms with van der Waals surface area (Å²) >= 11 is 0. The predicted molar refractivity (Wildman–Crippen MR) is 106 cm³/mol. The van der Waals surface area contributed by atoms with Crippen LogP contribution in [0.4, 0.5) is 0 Å². The van der Waals surface area contributed by atoms with Crippen LogP contribution in [-0.2, 0) is 18.9 Å². The maximum atomic E-state index is 10.3. The SMILES string of the molecule is C=C[C@H](CCCCC)O[C@@H]1O[C@H](CO[C@@H]2O[C@H](CO)[C@@H](O)[C@H](O)[C@H]2O)[C@@H](O)[C@H](O)[C@H]1O. The number of rotatable bonds is 11. The van der Waals surface area contributed by atoms with E-state index in [0.717, 1.165) is 19.3 Å². The minimum Gasteiger partial charge on any atom is -0.394 e. The number of hydrogen-bond acceptors (Lipinski definition) is 11. The molecule has 2 fully saturated rings. The van der Waals surface area contributed by atoms with Crippen LogP contribution in [0, 0.1) is 0 Å². The van der Waals surface area contributed by atoms with Gasteiger partial charge in [-0.05, 0) is 6.42 Å². The molecule has 2 rings (SSSR count). The van der Waals surface area contributed by atoms with Gasteiger partial charge >= 0.3 is 0 Å². The highest BCUT2D eigenvalue weighted by Gasteiger charge is 2.47. The van der Waals surface area contributed by atoms with Crippen LogP contribution in [0.3, 0.4) is 0 Å². The van der Waals surface area contributed by atoms with Gasteiger partial charge in [-0.3, -0.25) is 0 Å². The average molecular weight is 452 g/mol. The standard InChI is InChI=1S/C20H36O11/c1-3-5-6-7-10(4-2)29-20-18(27)16(25)14(23)12(31-20)9-28-19-17(26)15(24)13(22)11(8-21)30-19/h4,10-27H,2-3,5-9H2,1H3/t10-,11-,12-,13-,14-,15+,16+,17-,18-,19-,20-/m1/s1. The fraction of sp³-hybridized carbons (Fsp3) is 0.900. The highest BCUT2D eigenvalue weighted by Crippen LogP contribution is 2.27. The van der Waals surface area contributed by atoms with Crippen molar-refractivity contribution in [1.82, 2.24) is 0 Å². The van der Waals surface area contributed by atoms with E-state index in [4.69, 9.17) is 18.9 Å². The summed E-state index contributed by atoms with van der Waals surface area (Å²) in [6.45, 7) is 4.76. The largest absolute Gasteiger partial charge is 0.394 e. The lowest BCUT2D eigenvalue weighted by Gasteiger charge is -2.43. The molecule has 2 aliphatic rings. The van der Waals surface area contributed by atoms with Crippen LogP contribution in [0.2, 0.25) is 0 Å². The van der Waals surface area contributed by atoms with Crippen LogP contribution < -0.4 is 0 Å². The third-order valence-electron chi connectivity index (χ3n) is 5.61. The van der Waals surface area contributed by atoms with Crippen LogP contribution in [0.5, 0.6) is 0 Å². The predicted octanol–water partition coefficient (Wildman–Crippen LogP) is -2.24. The first-order valence-corrected chi connectivity index (χ1v) is 10.6. The Balaban J connectivity index is 1.97. The topological polar surface area (TPSA) is 179 Å². The molecule has 0 aromatic heterocycles. The monoisotopic (exact) mass is 452 g/mol. The van der Waals surface area contributed by atoms with Crippen molar-refractivity contribution >= 4 is 0 Å². The van der Waals surface area contributed by atoms with E-state index in [2.05, 4.69) is 13.5 Å². The molecule has 11 nitrogen and oxygen atoms in total. The van der Waals surface area contributed by atoms with Crippen LogP contribution in [-0.4, -0.2) is 116 Å². The van der Waals surface area contributed by atoms with Crippen LogP contribution >= 0.6 is 0 Å². The molecular formula is C20H36O11. The molecule has 2 aliphatic heterocycles. The normalized spacial score (nSPS) is 42.3. The fourth-order valence-corrected chi connectivity index (χ4v) is 3.57. The molecule has 0 aliphatic carbocycles. The van der Waals surface area contributed by atoms with Gasteiger partial charge in [0.1, 0.15) is 48.8 Å². The summed E-state index contributed by atoms with van der Waals surface area (Å²) in [4.78, 5) is 0. The quantitative estimate of drug-likeness (QED) is 0.133. The van der Waals surface area contributed by atoms with Crippen molar-refractivity contribution in [2.45, 2.75) is 100 Å². The van der Waals surface area contributed by atoms with E-state index in [-0.39, 0.29) is 0 Å². The molecule has 31 heavy (non-hydrogen) atoms. The van der Waals surface area contributed by atoms with Gasteiger partial charge in [0.15, 0.2) is 12.6 Å². The van der Waals surface area contributed by atoms with E-state index in [9.17, 15) is 35.7 Å². The average Bonchev–Trinajstić information content (AvgIpc) is 2.77. The molecule has 0 saturated carbocycles. The van der Waals surface area contributed by atoms with E-state index >= 15 is 0 Å². The molecule has 2 saturated heterocycles. The third kappa shape index (κ3) is 6.65. The minimum absolute atomic E-state index is 0.401. The van der Waals surface area contributed by atoms with Crippen LogP contribution in [0.1, 0.15) is 32.6 Å². The molecule has 0 aromatic carbocycles. The Morgan fingerprint density at radius 2 is 1.42 bits per heavy atom. The van der Waals surface area contributed by atoms with Crippen molar-refractivity contribution in [2.75, 3.05) is 13.2 Å². The van der Waals surface area contributed by atoms with Gasteiger partial charge < -0.3 is 54.7 Å². The molecule has 0 bridgehead atoms. The number of ether oxygens (including phenoxy) is 4. The summed E-state index contributed by atoms with van der Waals surface area (Å²) in [6, 6.07) is 0. The zero-order chi connectivity index (χ0) is 23.1. The van der Waals surface area contributed by atoms with Crippen molar-refractivity contribution in [1.29, 1.82) is 0 Å². The summed E-state index contributed by atoms with van der Waals surface area (Å²) < 4.78 is 22.0. The van der Waals surface area contributed by atoms with Crippen LogP contribution in [0.25, 0.3) is 0 Å². The highest BCUT2D eigenvalue weighted by atomic mass is 16.7. The molecule has 182 valence electrons. The van der Waals surface area contributed by atoms with Gasteiger partial charge in [-0.15, -0.1) is 6.58 Å². The highest BCUT2D eigenvalue weighted by molar-refractivity contribution is 4.92. The Labute approximate surface area is 181 Å². The molecule has 0 spiro atoms. The summed E-state index contributed by atoms with van der Waals surface area (Å²) in [5.74, 6) is 0. The minimum atomic E-state index is -1.62. The summed E-state index contributed by atoms with van der Waals surface area (Å²) in [5.41, 5.74) is 0. The first kappa shape index (κ1) is 26.6. The molecular weight excluding hydrogens is 416 g/mol. The van der Waals surface area contributed by atoms with E-state index in [1.807, 2.05) is 0 Å². The number of unbranched alkanes of at least 4 members (excludes halogenated alkanes) is 2. The maximum absolute atomic E-state index is 10.3. The second-order valence-corrected chi connectivity index (χ2v) is 7.95. The Hall–Kier alpha value is -0.700. The van der Waals surface area contributed by atoms with Crippen molar-refractivity contribution in [3.63, 3.8) is 0 Å². The van der Waals surface area contributed by atoms with Gasteiger partial charge in [0.25, 0.3) is 0 Å². The summed E-state index contributed by atoms with van der Waals surface area (Å²) in [6.07, 6.45) is -9.69. The lowest BCUT2D eigenvalue weighted by molar-refractivity contribution is -0.334. The van der Waals surface area contributed by atoms with Gasteiger partial charge in [-0.25, -0.2) is 0 Å². The summed E-state index contributed by atoms with van der Waals surface area (Å²) in [7, 11) is 0.